The fraction of sp³-hybridized carbons (Fsp3) is 0.333. The lowest BCUT2D eigenvalue weighted by Gasteiger charge is -2.29. The van der Waals surface area contributed by atoms with Crippen molar-refractivity contribution in [2.75, 3.05) is 26.2 Å². The molecule has 2 aliphatic rings. The first kappa shape index (κ1) is 20.4. The van der Waals surface area contributed by atoms with Crippen LogP contribution in [0.2, 0.25) is 0 Å². The van der Waals surface area contributed by atoms with Gasteiger partial charge in [-0.05, 0) is 35.7 Å². The molecule has 9 heteroatoms. The molecule has 0 aliphatic carbocycles. The number of aromatic carboxylic acids is 1. The zero-order valence-corrected chi connectivity index (χ0v) is 16.5. The van der Waals surface area contributed by atoms with Crippen LogP contribution in [0.1, 0.15) is 31.8 Å². The van der Waals surface area contributed by atoms with Crippen LogP contribution in [-0.4, -0.2) is 66.1 Å². The Morgan fingerprint density at radius 3 is 2.73 bits per heavy atom. The number of carbonyl (C=O) groups excluding carboxylic acids is 1. The van der Waals surface area contributed by atoms with Crippen molar-refractivity contribution in [2.24, 2.45) is 0 Å². The second-order valence-corrected chi connectivity index (χ2v) is 7.62. The van der Waals surface area contributed by atoms with Crippen LogP contribution >= 0.6 is 0 Å². The molecule has 0 spiro atoms. The minimum absolute atomic E-state index is 0.00283. The monoisotopic (exact) mass is 409 g/mol. The molecule has 2 aliphatic heterocycles. The summed E-state index contributed by atoms with van der Waals surface area (Å²) in [6.07, 6.45) is 0.282. The van der Waals surface area contributed by atoms with Crippen molar-refractivity contribution >= 4 is 19.0 Å². The van der Waals surface area contributed by atoms with Gasteiger partial charge in [0.25, 0.3) is 5.91 Å². The number of carboxylic acids is 1. The van der Waals surface area contributed by atoms with Gasteiger partial charge in [-0.25, -0.2) is 4.79 Å². The van der Waals surface area contributed by atoms with E-state index in [-0.39, 0.29) is 23.6 Å². The number of rotatable bonds is 5. The van der Waals surface area contributed by atoms with E-state index in [9.17, 15) is 19.7 Å². The molecular weight excluding hydrogens is 385 g/mol. The molecule has 8 nitrogen and oxygen atoms in total. The highest BCUT2D eigenvalue weighted by atomic mass is 16.5. The predicted octanol–water partition coefficient (Wildman–Crippen LogP) is 0.543. The molecule has 156 valence electrons. The first-order chi connectivity index (χ1) is 14.5. The minimum atomic E-state index is -1.33. The van der Waals surface area contributed by atoms with Crippen molar-refractivity contribution in [3.05, 3.63) is 64.7 Å². The van der Waals surface area contributed by atoms with Gasteiger partial charge in [0.1, 0.15) is 5.75 Å². The molecule has 1 amide bonds. The normalized spacial score (nSPS) is 19.0. The van der Waals surface area contributed by atoms with Gasteiger partial charge in [-0.15, -0.1) is 0 Å². The Bertz CT molecular complexity index is 948. The number of hydrogen-bond donors (Lipinski definition) is 4. The molecule has 4 N–H and O–H groups in total. The summed E-state index contributed by atoms with van der Waals surface area (Å²) in [5, 5.41) is 25.8. The van der Waals surface area contributed by atoms with Crippen molar-refractivity contribution in [2.45, 2.75) is 18.9 Å². The molecule has 1 fully saturated rings. The highest BCUT2D eigenvalue weighted by molar-refractivity contribution is 6.47. The maximum atomic E-state index is 12.8. The van der Waals surface area contributed by atoms with E-state index in [1.807, 2.05) is 18.2 Å². The van der Waals surface area contributed by atoms with Gasteiger partial charge < -0.3 is 25.4 Å². The summed E-state index contributed by atoms with van der Waals surface area (Å²) in [6.45, 7) is 4.65. The number of carbonyl (C=O) groups is 2. The van der Waals surface area contributed by atoms with E-state index in [1.54, 1.807) is 18.2 Å². The van der Waals surface area contributed by atoms with Crippen molar-refractivity contribution in [1.82, 2.24) is 15.5 Å². The van der Waals surface area contributed by atoms with E-state index in [0.29, 0.717) is 11.1 Å². The van der Waals surface area contributed by atoms with E-state index in [4.69, 9.17) is 4.65 Å². The first-order valence-corrected chi connectivity index (χ1v) is 10.0. The summed E-state index contributed by atoms with van der Waals surface area (Å²) in [5.41, 5.74) is 2.20. The minimum Gasteiger partial charge on any atom is -0.534 e. The number of hydrogen-bond acceptors (Lipinski definition) is 6. The molecule has 0 radical (unpaired) electrons. The molecule has 0 aromatic heterocycles. The van der Waals surface area contributed by atoms with Crippen LogP contribution in [0.4, 0.5) is 0 Å². The Kier molecular flexibility index (Phi) is 6.03. The molecule has 0 bridgehead atoms. The van der Waals surface area contributed by atoms with E-state index in [1.165, 1.54) is 6.07 Å². The van der Waals surface area contributed by atoms with E-state index in [0.717, 1.165) is 38.3 Å². The molecule has 2 aromatic rings. The van der Waals surface area contributed by atoms with Crippen LogP contribution in [0.25, 0.3) is 0 Å². The quantitative estimate of drug-likeness (QED) is 0.534. The van der Waals surface area contributed by atoms with Gasteiger partial charge in [-0.1, -0.05) is 24.3 Å². The Morgan fingerprint density at radius 2 is 1.97 bits per heavy atom. The zero-order chi connectivity index (χ0) is 21.1. The fourth-order valence-electron chi connectivity index (χ4n) is 3.91. The SMILES string of the molecule is O=C(N[C@H]1Cc2cccc(C(=O)O)c2OB1O)c1cccc(CN2CCNCC2)c1. The number of carboxylic acid groups (broad SMARTS) is 1. The summed E-state index contributed by atoms with van der Waals surface area (Å²) in [6, 6.07) is 12.3. The standard InChI is InChI=1S/C21H24BN3O5/c26-20(16-5-1-3-14(11-16)13-25-9-7-23-8-10-25)24-18-12-15-4-2-6-17(21(27)28)19(15)30-22(18)29/h1-6,11,18,23,29H,7-10,12-13H2,(H,24,26)(H,27,28)/t18-/m0/s1. The number of para-hydroxylation sites is 1. The lowest BCUT2D eigenvalue weighted by molar-refractivity contribution is 0.0693. The average Bonchev–Trinajstić information content (AvgIpc) is 2.74. The molecule has 1 saturated heterocycles. The number of benzene rings is 2. The third-order valence-corrected chi connectivity index (χ3v) is 5.47. The topological polar surface area (TPSA) is 111 Å². The Hall–Kier alpha value is -2.88. The molecule has 2 heterocycles. The lowest BCUT2D eigenvalue weighted by atomic mass is 9.72. The van der Waals surface area contributed by atoms with Gasteiger partial charge in [0, 0.05) is 38.3 Å². The molecule has 0 saturated carbocycles. The lowest BCUT2D eigenvalue weighted by Crippen LogP contribution is -2.53. The fourth-order valence-corrected chi connectivity index (χ4v) is 3.91. The van der Waals surface area contributed by atoms with E-state index in [2.05, 4.69) is 15.5 Å². The maximum absolute atomic E-state index is 12.8. The number of nitrogens with one attached hydrogen (secondary N) is 2. The number of fused-ring (bicyclic) bond motifs is 1. The predicted molar refractivity (Wildman–Crippen MR) is 112 cm³/mol. The molecule has 30 heavy (non-hydrogen) atoms. The average molecular weight is 409 g/mol. The maximum Gasteiger partial charge on any atom is 0.547 e. The third-order valence-electron chi connectivity index (χ3n) is 5.47. The second-order valence-electron chi connectivity index (χ2n) is 7.62. The third kappa shape index (κ3) is 4.48. The van der Waals surface area contributed by atoms with Crippen LogP contribution < -0.4 is 15.3 Å². The Morgan fingerprint density at radius 1 is 1.20 bits per heavy atom. The van der Waals surface area contributed by atoms with Gasteiger partial charge in [0.2, 0.25) is 0 Å². The summed E-state index contributed by atoms with van der Waals surface area (Å²) in [5.74, 6) is -1.95. The summed E-state index contributed by atoms with van der Waals surface area (Å²) in [7, 11) is -1.33. The number of nitrogens with zero attached hydrogens (tertiary/aromatic N) is 1. The zero-order valence-electron chi connectivity index (χ0n) is 16.5. The first-order valence-electron chi connectivity index (χ1n) is 10.0. The van der Waals surface area contributed by atoms with Crippen LogP contribution in [0.3, 0.4) is 0 Å². The summed E-state index contributed by atoms with van der Waals surface area (Å²) in [4.78, 5) is 26.5. The molecule has 2 aromatic carbocycles. The van der Waals surface area contributed by atoms with Crippen LogP contribution in [0, 0.1) is 0 Å². The molecular formula is C21H24BN3O5. The second kappa shape index (κ2) is 8.87. The van der Waals surface area contributed by atoms with E-state index < -0.39 is 19.0 Å². The molecule has 4 rings (SSSR count). The van der Waals surface area contributed by atoms with Gasteiger partial charge in [-0.2, -0.15) is 0 Å². The van der Waals surface area contributed by atoms with Crippen molar-refractivity contribution in [3.8, 4) is 5.75 Å². The van der Waals surface area contributed by atoms with Crippen LogP contribution in [0.15, 0.2) is 42.5 Å². The summed E-state index contributed by atoms with van der Waals surface area (Å²) >= 11 is 0. The van der Waals surface area contributed by atoms with Crippen molar-refractivity contribution < 1.29 is 24.4 Å². The van der Waals surface area contributed by atoms with Crippen molar-refractivity contribution in [3.63, 3.8) is 0 Å². The number of piperazine rings is 1. The van der Waals surface area contributed by atoms with Gasteiger partial charge in [0.05, 0.1) is 11.5 Å². The molecule has 0 unspecified atom stereocenters. The highest BCUT2D eigenvalue weighted by Crippen LogP contribution is 2.30. The Balaban J connectivity index is 1.44. The van der Waals surface area contributed by atoms with Crippen molar-refractivity contribution in [1.29, 1.82) is 0 Å². The Labute approximate surface area is 175 Å². The summed E-state index contributed by atoms with van der Waals surface area (Å²) < 4.78 is 5.45. The largest absolute Gasteiger partial charge is 0.547 e. The smallest absolute Gasteiger partial charge is 0.534 e. The van der Waals surface area contributed by atoms with Gasteiger partial charge in [-0.3, -0.25) is 9.69 Å². The van der Waals surface area contributed by atoms with Gasteiger partial charge >= 0.3 is 13.1 Å². The number of amides is 1. The molecule has 1 atom stereocenters. The van der Waals surface area contributed by atoms with E-state index >= 15 is 0 Å². The highest BCUT2D eigenvalue weighted by Gasteiger charge is 2.37. The van der Waals surface area contributed by atoms with Gasteiger partial charge in [0.15, 0.2) is 0 Å². The van der Waals surface area contributed by atoms with Crippen LogP contribution in [-0.2, 0) is 13.0 Å². The van der Waals surface area contributed by atoms with Crippen LogP contribution in [0.5, 0.6) is 5.75 Å².